The van der Waals surface area contributed by atoms with Gasteiger partial charge in [0.1, 0.15) is 0 Å². The third-order valence-corrected chi connectivity index (χ3v) is 2.38. The van der Waals surface area contributed by atoms with Gasteiger partial charge in [0.2, 0.25) is 0 Å². The van der Waals surface area contributed by atoms with Crippen LogP contribution < -0.4 is 5.56 Å². The fraction of sp³-hybridized carbons (Fsp3) is 0.545. The average molecular weight is 179 g/mol. The molecule has 0 aliphatic carbocycles. The van der Waals surface area contributed by atoms with E-state index in [1.165, 1.54) is 12.0 Å². The fourth-order valence-corrected chi connectivity index (χ4v) is 1.36. The minimum Gasteiger partial charge on any atom is -0.316 e. The summed E-state index contributed by atoms with van der Waals surface area (Å²) in [7, 11) is 1.81. The van der Waals surface area contributed by atoms with Crippen LogP contribution in [-0.2, 0) is 13.5 Å². The number of hydrogen-bond acceptors (Lipinski definition) is 1. The van der Waals surface area contributed by atoms with Gasteiger partial charge in [-0.1, -0.05) is 13.3 Å². The highest BCUT2D eigenvalue weighted by atomic mass is 16.1. The van der Waals surface area contributed by atoms with Crippen molar-refractivity contribution in [3.05, 3.63) is 33.7 Å². The standard InChI is InChI=1S/C11H17NO/c1-4-5-6-10-7-9(2)12(3)11(13)8-10/h7-8H,4-6H2,1-3H3. The summed E-state index contributed by atoms with van der Waals surface area (Å²) in [4.78, 5) is 11.4. The molecule has 0 aliphatic heterocycles. The first kappa shape index (κ1) is 10.0. The molecule has 1 aromatic heterocycles. The molecule has 2 nitrogen and oxygen atoms in total. The van der Waals surface area contributed by atoms with Crippen molar-refractivity contribution >= 4 is 0 Å². The van der Waals surface area contributed by atoms with Crippen LogP contribution in [0.5, 0.6) is 0 Å². The number of hydrogen-bond donors (Lipinski definition) is 0. The molecule has 0 amide bonds. The zero-order valence-corrected chi connectivity index (χ0v) is 8.63. The Morgan fingerprint density at radius 1 is 1.38 bits per heavy atom. The molecule has 0 unspecified atom stereocenters. The molecule has 13 heavy (non-hydrogen) atoms. The molecule has 0 saturated carbocycles. The highest BCUT2D eigenvalue weighted by molar-refractivity contribution is 5.16. The van der Waals surface area contributed by atoms with Crippen molar-refractivity contribution in [2.75, 3.05) is 0 Å². The van der Waals surface area contributed by atoms with Crippen LogP contribution in [0, 0.1) is 6.92 Å². The Labute approximate surface area is 79.2 Å². The second kappa shape index (κ2) is 4.26. The highest BCUT2D eigenvalue weighted by Gasteiger charge is 1.98. The molecule has 0 atom stereocenters. The second-order valence-electron chi connectivity index (χ2n) is 3.51. The van der Waals surface area contributed by atoms with Crippen molar-refractivity contribution in [1.82, 2.24) is 4.57 Å². The summed E-state index contributed by atoms with van der Waals surface area (Å²) in [5, 5.41) is 0. The van der Waals surface area contributed by atoms with E-state index < -0.39 is 0 Å². The molecule has 2 heteroatoms. The molecule has 0 fully saturated rings. The van der Waals surface area contributed by atoms with Gasteiger partial charge in [0, 0.05) is 18.8 Å². The van der Waals surface area contributed by atoms with Crippen molar-refractivity contribution < 1.29 is 0 Å². The Kier molecular flexibility index (Phi) is 3.29. The van der Waals surface area contributed by atoms with E-state index in [2.05, 4.69) is 13.0 Å². The van der Waals surface area contributed by atoms with Crippen LogP contribution in [-0.4, -0.2) is 4.57 Å². The number of nitrogens with zero attached hydrogens (tertiary/aromatic N) is 1. The van der Waals surface area contributed by atoms with E-state index in [0.717, 1.165) is 18.5 Å². The summed E-state index contributed by atoms with van der Waals surface area (Å²) in [5.41, 5.74) is 2.31. The van der Waals surface area contributed by atoms with Crippen LogP contribution in [0.4, 0.5) is 0 Å². The number of aryl methyl sites for hydroxylation is 2. The smallest absolute Gasteiger partial charge is 0.250 e. The molecule has 0 spiro atoms. The van der Waals surface area contributed by atoms with Gasteiger partial charge in [0.05, 0.1) is 0 Å². The first-order valence-corrected chi connectivity index (χ1v) is 4.81. The Balaban J connectivity index is 2.93. The molecular weight excluding hydrogens is 162 g/mol. The van der Waals surface area contributed by atoms with Gasteiger partial charge in [0.25, 0.3) is 5.56 Å². The molecular formula is C11H17NO. The van der Waals surface area contributed by atoms with E-state index in [1.54, 1.807) is 17.7 Å². The van der Waals surface area contributed by atoms with Gasteiger partial charge < -0.3 is 4.57 Å². The molecule has 0 bridgehead atoms. The summed E-state index contributed by atoms with van der Waals surface area (Å²) in [6.07, 6.45) is 3.36. The Morgan fingerprint density at radius 2 is 2.08 bits per heavy atom. The average Bonchev–Trinajstić information content (AvgIpc) is 2.10. The minimum absolute atomic E-state index is 0.103. The van der Waals surface area contributed by atoms with Gasteiger partial charge in [-0.25, -0.2) is 0 Å². The Hall–Kier alpha value is -1.05. The maximum absolute atomic E-state index is 11.4. The third kappa shape index (κ3) is 2.44. The van der Waals surface area contributed by atoms with E-state index in [9.17, 15) is 4.79 Å². The van der Waals surface area contributed by atoms with E-state index in [0.29, 0.717) is 0 Å². The van der Waals surface area contributed by atoms with Crippen molar-refractivity contribution in [1.29, 1.82) is 0 Å². The monoisotopic (exact) mass is 179 g/mol. The normalized spacial score (nSPS) is 10.4. The lowest BCUT2D eigenvalue weighted by molar-refractivity contribution is 0.769. The van der Waals surface area contributed by atoms with E-state index >= 15 is 0 Å². The van der Waals surface area contributed by atoms with Gasteiger partial charge in [0.15, 0.2) is 0 Å². The third-order valence-electron chi connectivity index (χ3n) is 2.38. The molecule has 1 rings (SSSR count). The van der Waals surface area contributed by atoms with E-state index in [1.807, 2.05) is 6.92 Å². The molecule has 0 radical (unpaired) electrons. The quantitative estimate of drug-likeness (QED) is 0.696. The number of unbranched alkanes of at least 4 members (excludes halogenated alkanes) is 1. The van der Waals surface area contributed by atoms with Crippen LogP contribution >= 0.6 is 0 Å². The highest BCUT2D eigenvalue weighted by Crippen LogP contribution is 2.04. The van der Waals surface area contributed by atoms with Gasteiger partial charge in [-0.15, -0.1) is 0 Å². The predicted octanol–water partition coefficient (Wildman–Crippen LogP) is 2.04. The van der Waals surface area contributed by atoms with Crippen LogP contribution in [0.1, 0.15) is 31.0 Å². The van der Waals surface area contributed by atoms with Gasteiger partial charge in [-0.3, -0.25) is 4.79 Å². The van der Waals surface area contributed by atoms with E-state index in [-0.39, 0.29) is 5.56 Å². The maximum Gasteiger partial charge on any atom is 0.250 e. The first-order chi connectivity index (χ1) is 6.15. The summed E-state index contributed by atoms with van der Waals surface area (Å²) in [5.74, 6) is 0. The van der Waals surface area contributed by atoms with Gasteiger partial charge in [-0.2, -0.15) is 0 Å². The Morgan fingerprint density at radius 3 is 2.62 bits per heavy atom. The van der Waals surface area contributed by atoms with Crippen molar-refractivity contribution in [2.24, 2.45) is 7.05 Å². The SMILES string of the molecule is CCCCc1cc(C)n(C)c(=O)c1. The summed E-state index contributed by atoms with van der Waals surface area (Å²) in [6, 6.07) is 3.83. The maximum atomic E-state index is 11.4. The predicted molar refractivity (Wildman–Crippen MR) is 55.0 cm³/mol. The zero-order valence-electron chi connectivity index (χ0n) is 8.63. The summed E-state index contributed by atoms with van der Waals surface area (Å²) < 4.78 is 1.68. The second-order valence-corrected chi connectivity index (χ2v) is 3.51. The Bertz CT molecular complexity index is 338. The molecule has 0 aliphatic rings. The van der Waals surface area contributed by atoms with Crippen molar-refractivity contribution in [2.45, 2.75) is 33.1 Å². The van der Waals surface area contributed by atoms with Gasteiger partial charge in [-0.05, 0) is 31.4 Å². The van der Waals surface area contributed by atoms with Crippen molar-refractivity contribution in [3.8, 4) is 0 Å². The molecule has 1 aromatic rings. The lowest BCUT2D eigenvalue weighted by Gasteiger charge is -2.05. The van der Waals surface area contributed by atoms with Crippen LogP contribution in [0.2, 0.25) is 0 Å². The van der Waals surface area contributed by atoms with Crippen molar-refractivity contribution in [3.63, 3.8) is 0 Å². The molecule has 0 N–H and O–H groups in total. The molecule has 1 heterocycles. The van der Waals surface area contributed by atoms with Crippen LogP contribution in [0.3, 0.4) is 0 Å². The largest absolute Gasteiger partial charge is 0.316 e. The minimum atomic E-state index is 0.103. The molecule has 0 aromatic carbocycles. The van der Waals surface area contributed by atoms with Crippen LogP contribution in [0.15, 0.2) is 16.9 Å². The summed E-state index contributed by atoms with van der Waals surface area (Å²) >= 11 is 0. The van der Waals surface area contributed by atoms with Crippen LogP contribution in [0.25, 0.3) is 0 Å². The number of rotatable bonds is 3. The number of pyridine rings is 1. The zero-order chi connectivity index (χ0) is 9.84. The lowest BCUT2D eigenvalue weighted by atomic mass is 10.1. The molecule has 0 saturated heterocycles. The van der Waals surface area contributed by atoms with Gasteiger partial charge >= 0.3 is 0 Å². The molecule has 72 valence electrons. The summed E-state index contributed by atoms with van der Waals surface area (Å²) in [6.45, 7) is 4.13. The van der Waals surface area contributed by atoms with E-state index in [4.69, 9.17) is 0 Å². The first-order valence-electron chi connectivity index (χ1n) is 4.81. The fourth-order valence-electron chi connectivity index (χ4n) is 1.36. The number of aromatic nitrogens is 1. The topological polar surface area (TPSA) is 22.0 Å². The lowest BCUT2D eigenvalue weighted by Crippen LogP contribution is -2.18.